The van der Waals surface area contributed by atoms with Crippen molar-refractivity contribution in [1.29, 1.82) is 0 Å². The fourth-order valence-electron chi connectivity index (χ4n) is 4.28. The lowest BCUT2D eigenvalue weighted by atomic mass is 10.1. The Morgan fingerprint density at radius 2 is 1.78 bits per heavy atom. The van der Waals surface area contributed by atoms with E-state index in [1.54, 1.807) is 24.1 Å². The first-order valence-electron chi connectivity index (χ1n) is 12.5. The normalized spacial score (nSPS) is 13.4. The molecule has 0 saturated carbocycles. The number of aromatic nitrogens is 2. The van der Waals surface area contributed by atoms with Gasteiger partial charge in [-0.25, -0.2) is 4.39 Å². The number of carbonyl (C=O) groups is 2. The van der Waals surface area contributed by atoms with Gasteiger partial charge in [0.2, 0.25) is 5.91 Å². The molecule has 0 N–H and O–H groups in total. The van der Waals surface area contributed by atoms with E-state index in [-0.39, 0.29) is 18.0 Å². The summed E-state index contributed by atoms with van der Waals surface area (Å²) in [5.41, 5.74) is 1.67. The van der Waals surface area contributed by atoms with Gasteiger partial charge in [0.1, 0.15) is 18.1 Å². The molecule has 37 heavy (non-hydrogen) atoms. The van der Waals surface area contributed by atoms with Crippen LogP contribution < -0.4 is 9.64 Å². The van der Waals surface area contributed by atoms with Gasteiger partial charge in [-0.1, -0.05) is 37.6 Å². The second kappa shape index (κ2) is 12.3. The third-order valence-electron chi connectivity index (χ3n) is 6.47. The molecule has 1 fully saturated rings. The lowest BCUT2D eigenvalue weighted by Gasteiger charge is -2.36. The third kappa shape index (κ3) is 6.41. The minimum absolute atomic E-state index is 0.00723. The molecule has 0 aliphatic carbocycles. The van der Waals surface area contributed by atoms with Crippen molar-refractivity contribution in [1.82, 2.24) is 20.0 Å². The van der Waals surface area contributed by atoms with Gasteiger partial charge >= 0.3 is 0 Å². The molecule has 0 bridgehead atoms. The van der Waals surface area contributed by atoms with E-state index in [1.165, 1.54) is 17.0 Å². The first-order chi connectivity index (χ1) is 18.0. The van der Waals surface area contributed by atoms with Crippen LogP contribution in [0, 0.1) is 5.82 Å². The Balaban J connectivity index is 1.35. The van der Waals surface area contributed by atoms with Crippen LogP contribution in [0.4, 0.5) is 10.2 Å². The smallest absolute Gasteiger partial charge is 0.257 e. The van der Waals surface area contributed by atoms with Crippen LogP contribution in [-0.2, 0) is 4.79 Å². The third-order valence-corrected chi connectivity index (χ3v) is 6.47. The highest BCUT2D eigenvalue weighted by atomic mass is 19.1. The Morgan fingerprint density at radius 1 is 1.00 bits per heavy atom. The van der Waals surface area contributed by atoms with Crippen LogP contribution in [0.5, 0.6) is 5.75 Å². The Labute approximate surface area is 216 Å². The molecule has 2 heterocycles. The molecule has 1 aromatic heterocycles. The molecule has 194 valence electrons. The fourth-order valence-corrected chi connectivity index (χ4v) is 4.28. The average Bonchev–Trinajstić information content (AvgIpc) is 2.95. The number of nitrogens with zero attached hydrogens (tertiary/aromatic N) is 5. The van der Waals surface area contributed by atoms with Crippen molar-refractivity contribution in [2.24, 2.45) is 0 Å². The van der Waals surface area contributed by atoms with Crippen LogP contribution in [0.15, 0.2) is 60.7 Å². The molecule has 0 atom stereocenters. The van der Waals surface area contributed by atoms with E-state index < -0.39 is 11.7 Å². The van der Waals surface area contributed by atoms with Gasteiger partial charge in [0.25, 0.3) is 5.91 Å². The molecule has 1 saturated heterocycles. The molecule has 4 rings (SSSR count). The Morgan fingerprint density at radius 3 is 2.46 bits per heavy atom. The molecule has 0 spiro atoms. The summed E-state index contributed by atoms with van der Waals surface area (Å²) in [6, 6.07) is 17.4. The number of methoxy groups -OCH3 is 1. The number of amides is 2. The van der Waals surface area contributed by atoms with Crippen molar-refractivity contribution in [3.8, 4) is 17.0 Å². The molecular formula is C28H32FN5O3. The van der Waals surface area contributed by atoms with Crippen molar-refractivity contribution in [3.63, 3.8) is 0 Å². The standard InChI is InChI=1S/C28H32FN5O3/c1-3-4-14-34(28(36)23-10-5-6-11-24(23)29)20-27(35)33-17-15-32(16-18-33)26-13-12-25(30-31-26)21-8-7-9-22(19-21)37-2/h5-13,19H,3-4,14-18,20H2,1-2H3. The number of benzene rings is 2. The van der Waals surface area contributed by atoms with Gasteiger partial charge in [-0.15, -0.1) is 10.2 Å². The fraction of sp³-hybridized carbons (Fsp3) is 0.357. The summed E-state index contributed by atoms with van der Waals surface area (Å²) in [6.07, 6.45) is 1.61. The van der Waals surface area contributed by atoms with Crippen molar-refractivity contribution in [2.75, 3.05) is 51.3 Å². The molecule has 1 aliphatic rings. The molecule has 2 amide bonds. The quantitative estimate of drug-likeness (QED) is 0.439. The van der Waals surface area contributed by atoms with Crippen LogP contribution in [0.2, 0.25) is 0 Å². The van der Waals surface area contributed by atoms with Gasteiger partial charge in [-0.05, 0) is 42.8 Å². The molecule has 9 heteroatoms. The SMILES string of the molecule is CCCCN(CC(=O)N1CCN(c2ccc(-c3cccc(OC)c3)nn2)CC1)C(=O)c1ccccc1F. The van der Waals surface area contributed by atoms with E-state index >= 15 is 0 Å². The number of carbonyl (C=O) groups excluding carboxylic acids is 2. The lowest BCUT2D eigenvalue weighted by molar-refractivity contribution is -0.132. The van der Waals surface area contributed by atoms with Gasteiger partial charge in [-0.2, -0.15) is 0 Å². The maximum absolute atomic E-state index is 14.2. The summed E-state index contributed by atoms with van der Waals surface area (Å²) >= 11 is 0. The molecular weight excluding hydrogens is 473 g/mol. The van der Waals surface area contributed by atoms with Crippen LogP contribution >= 0.6 is 0 Å². The van der Waals surface area contributed by atoms with Gasteiger partial charge in [0, 0.05) is 38.3 Å². The largest absolute Gasteiger partial charge is 0.497 e. The summed E-state index contributed by atoms with van der Waals surface area (Å²) in [5.74, 6) is 0.338. The maximum atomic E-state index is 14.2. The van der Waals surface area contributed by atoms with E-state index in [4.69, 9.17) is 4.74 Å². The number of anilines is 1. The zero-order valence-corrected chi connectivity index (χ0v) is 21.3. The summed E-state index contributed by atoms with van der Waals surface area (Å²) in [4.78, 5) is 31.3. The number of halogens is 1. The topological polar surface area (TPSA) is 78.9 Å². The zero-order valence-electron chi connectivity index (χ0n) is 21.3. The Hall–Kier alpha value is -4.01. The lowest BCUT2D eigenvalue weighted by Crippen LogP contribution is -2.52. The predicted octanol–water partition coefficient (Wildman–Crippen LogP) is 3.88. The summed E-state index contributed by atoms with van der Waals surface area (Å²) in [5, 5.41) is 8.77. The first-order valence-corrected chi connectivity index (χ1v) is 12.5. The number of unbranched alkanes of at least 4 members (excludes halogenated alkanes) is 1. The van der Waals surface area contributed by atoms with Crippen molar-refractivity contribution < 1.29 is 18.7 Å². The van der Waals surface area contributed by atoms with Crippen LogP contribution in [-0.4, -0.2) is 78.2 Å². The maximum Gasteiger partial charge on any atom is 0.257 e. The molecule has 2 aromatic carbocycles. The summed E-state index contributed by atoms with van der Waals surface area (Å²) < 4.78 is 19.5. The molecule has 8 nitrogen and oxygen atoms in total. The Bertz CT molecular complexity index is 1210. The van der Waals surface area contributed by atoms with E-state index in [0.717, 1.165) is 35.7 Å². The van der Waals surface area contributed by atoms with Gasteiger partial charge in [0.05, 0.1) is 18.4 Å². The minimum atomic E-state index is -0.575. The van der Waals surface area contributed by atoms with E-state index in [9.17, 15) is 14.0 Å². The monoisotopic (exact) mass is 505 g/mol. The van der Waals surface area contributed by atoms with Crippen LogP contribution in [0.25, 0.3) is 11.3 Å². The second-order valence-electron chi connectivity index (χ2n) is 8.94. The van der Waals surface area contributed by atoms with E-state index in [1.807, 2.05) is 43.3 Å². The van der Waals surface area contributed by atoms with Gasteiger partial charge in [-0.3, -0.25) is 9.59 Å². The highest BCUT2D eigenvalue weighted by Gasteiger charge is 2.26. The predicted molar refractivity (Wildman–Crippen MR) is 140 cm³/mol. The van der Waals surface area contributed by atoms with Crippen molar-refractivity contribution in [2.45, 2.75) is 19.8 Å². The van der Waals surface area contributed by atoms with Crippen LogP contribution in [0.3, 0.4) is 0 Å². The zero-order chi connectivity index (χ0) is 26.2. The van der Waals surface area contributed by atoms with Gasteiger partial charge in [0.15, 0.2) is 5.82 Å². The summed E-state index contributed by atoms with van der Waals surface area (Å²) in [6.45, 7) is 4.58. The molecule has 0 radical (unpaired) electrons. The van der Waals surface area contributed by atoms with E-state index in [2.05, 4.69) is 15.1 Å². The highest BCUT2D eigenvalue weighted by Crippen LogP contribution is 2.23. The van der Waals surface area contributed by atoms with E-state index in [0.29, 0.717) is 32.7 Å². The number of piperazine rings is 1. The number of rotatable bonds is 9. The molecule has 0 unspecified atom stereocenters. The number of ether oxygens (including phenoxy) is 1. The number of hydrogen-bond acceptors (Lipinski definition) is 6. The molecule has 3 aromatic rings. The first kappa shape index (κ1) is 26.1. The number of hydrogen-bond donors (Lipinski definition) is 0. The minimum Gasteiger partial charge on any atom is -0.497 e. The van der Waals surface area contributed by atoms with Crippen molar-refractivity contribution in [3.05, 3.63) is 72.0 Å². The second-order valence-corrected chi connectivity index (χ2v) is 8.94. The highest BCUT2D eigenvalue weighted by molar-refractivity contribution is 5.96. The molecule has 1 aliphatic heterocycles. The van der Waals surface area contributed by atoms with Crippen molar-refractivity contribution >= 4 is 17.6 Å². The average molecular weight is 506 g/mol. The summed E-state index contributed by atoms with van der Waals surface area (Å²) in [7, 11) is 1.63. The Kier molecular flexibility index (Phi) is 8.66. The van der Waals surface area contributed by atoms with Crippen LogP contribution in [0.1, 0.15) is 30.1 Å². The van der Waals surface area contributed by atoms with Gasteiger partial charge < -0.3 is 19.4 Å².